The Morgan fingerprint density at radius 3 is 2.95 bits per heavy atom. The normalized spacial score (nSPS) is 10.8. The summed E-state index contributed by atoms with van der Waals surface area (Å²) in [6.45, 7) is 8.67. The number of aromatic nitrogens is 1. The van der Waals surface area contributed by atoms with E-state index in [9.17, 15) is 0 Å². The first-order valence-corrected chi connectivity index (χ1v) is 6.53. The molecule has 0 aliphatic rings. The lowest BCUT2D eigenvalue weighted by Gasteiger charge is -2.06. The minimum absolute atomic E-state index is 0.635. The van der Waals surface area contributed by atoms with Crippen molar-refractivity contribution in [2.75, 3.05) is 19.8 Å². The Labute approximate surface area is 114 Å². The average Bonchev–Trinajstić information content (AvgIpc) is 2.42. The monoisotopic (exact) mass is 256 g/mol. The molecule has 3 nitrogen and oxygen atoms in total. The summed E-state index contributed by atoms with van der Waals surface area (Å²) < 4.78 is 5.42. The maximum Gasteiger partial charge on any atom is 0.0705 e. The molecule has 2 aromatic rings. The Kier molecular flexibility index (Phi) is 5.07. The van der Waals surface area contributed by atoms with E-state index in [0.717, 1.165) is 29.9 Å². The first-order chi connectivity index (χ1) is 9.25. The van der Waals surface area contributed by atoms with Gasteiger partial charge in [-0.2, -0.15) is 0 Å². The Balaban J connectivity index is 1.77. The van der Waals surface area contributed by atoms with Crippen LogP contribution in [0.5, 0.6) is 0 Å². The number of ether oxygens (including phenoxy) is 1. The number of hydrogen-bond acceptors (Lipinski definition) is 3. The van der Waals surface area contributed by atoms with Crippen molar-refractivity contribution < 1.29 is 4.74 Å². The zero-order valence-electron chi connectivity index (χ0n) is 11.4. The van der Waals surface area contributed by atoms with Crippen molar-refractivity contribution in [3.05, 3.63) is 54.2 Å². The molecule has 0 bridgehead atoms. The van der Waals surface area contributed by atoms with Gasteiger partial charge in [-0.05, 0) is 19.1 Å². The predicted molar refractivity (Wildman–Crippen MR) is 79.1 cm³/mol. The maximum atomic E-state index is 5.42. The third-order valence-corrected chi connectivity index (χ3v) is 2.73. The lowest BCUT2D eigenvalue weighted by molar-refractivity contribution is 0.157. The third-order valence-electron chi connectivity index (χ3n) is 2.73. The van der Waals surface area contributed by atoms with Crippen LogP contribution >= 0.6 is 0 Å². The van der Waals surface area contributed by atoms with Gasteiger partial charge in [0.25, 0.3) is 0 Å². The van der Waals surface area contributed by atoms with E-state index < -0.39 is 0 Å². The highest BCUT2D eigenvalue weighted by Gasteiger charge is 1.97. The van der Waals surface area contributed by atoms with Gasteiger partial charge in [0.1, 0.15) is 0 Å². The van der Waals surface area contributed by atoms with Crippen molar-refractivity contribution in [1.82, 2.24) is 10.3 Å². The number of benzene rings is 1. The van der Waals surface area contributed by atoms with Gasteiger partial charge in [0.05, 0.1) is 24.4 Å². The first kappa shape index (κ1) is 13.7. The highest BCUT2D eigenvalue weighted by molar-refractivity contribution is 5.78. The highest BCUT2D eigenvalue weighted by Crippen LogP contribution is 2.11. The molecule has 1 N–H and O–H groups in total. The molecule has 0 aliphatic heterocycles. The minimum atomic E-state index is 0.635. The zero-order chi connectivity index (χ0) is 13.5. The molecular weight excluding hydrogens is 236 g/mol. The van der Waals surface area contributed by atoms with Gasteiger partial charge in [0.2, 0.25) is 0 Å². The average molecular weight is 256 g/mol. The highest BCUT2D eigenvalue weighted by atomic mass is 16.5. The van der Waals surface area contributed by atoms with Crippen LogP contribution in [0, 0.1) is 0 Å². The molecule has 100 valence electrons. The quantitative estimate of drug-likeness (QED) is 0.611. The van der Waals surface area contributed by atoms with Crippen molar-refractivity contribution in [3.63, 3.8) is 0 Å². The van der Waals surface area contributed by atoms with Crippen LogP contribution in [0.25, 0.3) is 10.9 Å². The lowest BCUT2D eigenvalue weighted by Crippen LogP contribution is -2.20. The Morgan fingerprint density at radius 2 is 2.11 bits per heavy atom. The number of nitrogens with one attached hydrogen (secondary N) is 1. The van der Waals surface area contributed by atoms with Crippen LogP contribution in [0.3, 0.4) is 0 Å². The molecule has 1 heterocycles. The van der Waals surface area contributed by atoms with Crippen LogP contribution in [0.4, 0.5) is 0 Å². The van der Waals surface area contributed by atoms with Crippen molar-refractivity contribution in [3.8, 4) is 0 Å². The molecule has 1 aromatic carbocycles. The molecule has 0 spiro atoms. The second kappa shape index (κ2) is 7.02. The number of rotatable bonds is 7. The Morgan fingerprint density at radius 1 is 1.26 bits per heavy atom. The van der Waals surface area contributed by atoms with Crippen molar-refractivity contribution >= 4 is 10.9 Å². The van der Waals surface area contributed by atoms with Gasteiger partial charge in [-0.1, -0.05) is 36.4 Å². The SMILES string of the molecule is C=C(C)COCCNCc1ccc2ccccc2n1. The maximum absolute atomic E-state index is 5.42. The van der Waals surface area contributed by atoms with Crippen LogP contribution in [-0.4, -0.2) is 24.7 Å². The molecular formula is C16H20N2O. The van der Waals surface area contributed by atoms with E-state index in [-0.39, 0.29) is 0 Å². The van der Waals surface area contributed by atoms with Crippen molar-refractivity contribution in [1.29, 1.82) is 0 Å². The fourth-order valence-electron chi connectivity index (χ4n) is 1.81. The molecule has 0 amide bonds. The zero-order valence-corrected chi connectivity index (χ0v) is 11.4. The second-order valence-electron chi connectivity index (χ2n) is 4.68. The van der Waals surface area contributed by atoms with Crippen molar-refractivity contribution in [2.45, 2.75) is 13.5 Å². The van der Waals surface area contributed by atoms with Crippen LogP contribution in [0.2, 0.25) is 0 Å². The molecule has 0 saturated carbocycles. The summed E-state index contributed by atoms with van der Waals surface area (Å²) in [6.07, 6.45) is 0. The fourth-order valence-corrected chi connectivity index (χ4v) is 1.81. The van der Waals surface area contributed by atoms with Gasteiger partial charge in [-0.3, -0.25) is 4.98 Å². The molecule has 19 heavy (non-hydrogen) atoms. The molecule has 3 heteroatoms. The largest absolute Gasteiger partial charge is 0.376 e. The van der Waals surface area contributed by atoms with Gasteiger partial charge in [-0.15, -0.1) is 0 Å². The van der Waals surface area contributed by atoms with E-state index in [1.807, 2.05) is 25.1 Å². The smallest absolute Gasteiger partial charge is 0.0705 e. The van der Waals surface area contributed by atoms with Crippen LogP contribution < -0.4 is 5.32 Å². The lowest BCUT2D eigenvalue weighted by atomic mass is 10.2. The van der Waals surface area contributed by atoms with E-state index in [0.29, 0.717) is 13.2 Å². The molecule has 0 atom stereocenters. The van der Waals surface area contributed by atoms with Gasteiger partial charge < -0.3 is 10.1 Å². The number of fused-ring (bicyclic) bond motifs is 1. The molecule has 0 fully saturated rings. The first-order valence-electron chi connectivity index (χ1n) is 6.53. The summed E-state index contributed by atoms with van der Waals surface area (Å²) in [6, 6.07) is 12.3. The summed E-state index contributed by atoms with van der Waals surface area (Å²) in [5, 5.41) is 4.50. The molecule has 0 unspecified atom stereocenters. The summed E-state index contributed by atoms with van der Waals surface area (Å²) >= 11 is 0. The molecule has 2 rings (SSSR count). The third kappa shape index (κ3) is 4.47. The van der Waals surface area contributed by atoms with Gasteiger partial charge in [-0.25, -0.2) is 0 Å². The molecule has 1 aromatic heterocycles. The van der Waals surface area contributed by atoms with Crippen LogP contribution in [0.15, 0.2) is 48.6 Å². The summed E-state index contributed by atoms with van der Waals surface area (Å²) in [7, 11) is 0. The molecule has 0 radical (unpaired) electrons. The van der Waals surface area contributed by atoms with Crippen LogP contribution in [0.1, 0.15) is 12.6 Å². The topological polar surface area (TPSA) is 34.1 Å². The van der Waals surface area contributed by atoms with E-state index in [4.69, 9.17) is 4.74 Å². The summed E-state index contributed by atoms with van der Waals surface area (Å²) in [4.78, 5) is 4.60. The predicted octanol–water partition coefficient (Wildman–Crippen LogP) is 2.92. The molecule has 0 aliphatic carbocycles. The minimum Gasteiger partial charge on any atom is -0.376 e. The van der Waals surface area contributed by atoms with Gasteiger partial charge >= 0.3 is 0 Å². The second-order valence-corrected chi connectivity index (χ2v) is 4.68. The van der Waals surface area contributed by atoms with Crippen LogP contribution in [-0.2, 0) is 11.3 Å². The number of hydrogen-bond donors (Lipinski definition) is 1. The van der Waals surface area contributed by atoms with Gasteiger partial charge in [0.15, 0.2) is 0 Å². The van der Waals surface area contributed by atoms with E-state index in [2.05, 4.69) is 35.1 Å². The van der Waals surface area contributed by atoms with E-state index in [1.54, 1.807) is 0 Å². The van der Waals surface area contributed by atoms with Gasteiger partial charge in [0, 0.05) is 18.5 Å². The van der Waals surface area contributed by atoms with E-state index >= 15 is 0 Å². The number of nitrogens with zero attached hydrogens (tertiary/aromatic N) is 1. The number of para-hydroxylation sites is 1. The Hall–Kier alpha value is -1.71. The van der Waals surface area contributed by atoms with E-state index in [1.165, 1.54) is 5.39 Å². The number of pyridine rings is 1. The fraction of sp³-hybridized carbons (Fsp3) is 0.312. The standard InChI is InChI=1S/C16H20N2O/c1-13(2)12-19-10-9-17-11-15-8-7-14-5-3-4-6-16(14)18-15/h3-8,17H,1,9-12H2,2H3. The summed E-state index contributed by atoms with van der Waals surface area (Å²) in [5.74, 6) is 0. The Bertz CT molecular complexity index is 551. The van der Waals surface area contributed by atoms with Crippen molar-refractivity contribution in [2.24, 2.45) is 0 Å². The molecule has 0 saturated heterocycles. The summed E-state index contributed by atoms with van der Waals surface area (Å²) in [5.41, 5.74) is 3.15.